The van der Waals surface area contributed by atoms with Crippen LogP contribution in [0.25, 0.3) is 0 Å². The van der Waals surface area contributed by atoms with Crippen molar-refractivity contribution in [1.29, 1.82) is 0 Å². The molecule has 0 aliphatic carbocycles. The van der Waals surface area contributed by atoms with Crippen molar-refractivity contribution in [2.45, 2.75) is 20.0 Å². The Morgan fingerprint density at radius 3 is 2.35 bits per heavy atom. The normalized spacial score (nSPS) is 11.6. The van der Waals surface area contributed by atoms with Crippen molar-refractivity contribution in [1.82, 2.24) is 4.90 Å². The summed E-state index contributed by atoms with van der Waals surface area (Å²) in [4.78, 5) is 25.8. The zero-order chi connectivity index (χ0) is 19.3. The van der Waals surface area contributed by atoms with E-state index in [1.54, 1.807) is 56.4 Å². The van der Waals surface area contributed by atoms with E-state index in [0.29, 0.717) is 21.5 Å². The fourth-order valence-corrected chi connectivity index (χ4v) is 2.68. The van der Waals surface area contributed by atoms with Gasteiger partial charge in [0.05, 0.1) is 6.54 Å². The molecular weight excluding hydrogens is 375 g/mol. The smallest absolute Gasteiger partial charge is 0.263 e. The maximum absolute atomic E-state index is 12.4. The van der Waals surface area contributed by atoms with Gasteiger partial charge in [0, 0.05) is 22.8 Å². The van der Waals surface area contributed by atoms with Gasteiger partial charge in [-0.05, 0) is 61.9 Å². The van der Waals surface area contributed by atoms with Crippen molar-refractivity contribution in [3.8, 4) is 5.75 Å². The molecule has 2 amide bonds. The highest BCUT2D eigenvalue weighted by atomic mass is 35.5. The van der Waals surface area contributed by atoms with E-state index in [0.717, 1.165) is 5.56 Å². The van der Waals surface area contributed by atoms with Gasteiger partial charge in [-0.3, -0.25) is 9.59 Å². The third-order valence-electron chi connectivity index (χ3n) is 3.67. The summed E-state index contributed by atoms with van der Waals surface area (Å²) in [7, 11) is 1.55. The molecule has 0 fully saturated rings. The number of ether oxygens (including phenoxy) is 1. The standard InChI is InChI=1S/C19H20Cl2N2O3/c1-12-10-15(21)6-9-17(12)26-13(2)19(25)23(3)11-18(24)22-16-7-4-14(20)5-8-16/h4-10,13H,11H2,1-3H3,(H,22,24). The molecule has 2 rings (SSSR count). The van der Waals surface area contributed by atoms with E-state index in [-0.39, 0.29) is 18.4 Å². The maximum atomic E-state index is 12.4. The van der Waals surface area contributed by atoms with Crippen LogP contribution in [0.15, 0.2) is 42.5 Å². The fourth-order valence-electron chi connectivity index (χ4n) is 2.32. The second-order valence-corrected chi connectivity index (χ2v) is 6.79. The molecule has 0 aliphatic heterocycles. The van der Waals surface area contributed by atoms with Gasteiger partial charge in [-0.25, -0.2) is 0 Å². The quantitative estimate of drug-likeness (QED) is 0.799. The molecule has 2 aromatic rings. The first-order valence-corrected chi connectivity index (χ1v) is 8.75. The first-order valence-electron chi connectivity index (χ1n) is 7.99. The molecule has 1 N–H and O–H groups in total. The molecule has 1 atom stereocenters. The summed E-state index contributed by atoms with van der Waals surface area (Å²) < 4.78 is 5.70. The minimum Gasteiger partial charge on any atom is -0.481 e. The Bertz CT molecular complexity index is 794. The molecule has 5 nitrogen and oxygen atoms in total. The average Bonchev–Trinajstić information content (AvgIpc) is 2.58. The Kier molecular flexibility index (Phi) is 6.89. The zero-order valence-electron chi connectivity index (χ0n) is 14.8. The summed E-state index contributed by atoms with van der Waals surface area (Å²) in [5.74, 6) is -0.0297. The van der Waals surface area contributed by atoms with Crippen LogP contribution in [0.3, 0.4) is 0 Å². The first kappa shape index (κ1) is 20.1. The number of nitrogens with one attached hydrogen (secondary N) is 1. The second-order valence-electron chi connectivity index (χ2n) is 5.92. The highest BCUT2D eigenvalue weighted by Crippen LogP contribution is 2.23. The summed E-state index contributed by atoms with van der Waals surface area (Å²) >= 11 is 11.7. The average molecular weight is 395 g/mol. The van der Waals surface area contributed by atoms with Crippen LogP contribution in [0, 0.1) is 6.92 Å². The number of nitrogens with zero attached hydrogens (tertiary/aromatic N) is 1. The third-order valence-corrected chi connectivity index (χ3v) is 4.16. The van der Waals surface area contributed by atoms with Gasteiger partial charge in [0.25, 0.3) is 5.91 Å². The number of amides is 2. The number of carbonyl (C=O) groups is 2. The van der Waals surface area contributed by atoms with E-state index in [1.807, 2.05) is 6.92 Å². The largest absolute Gasteiger partial charge is 0.481 e. The van der Waals surface area contributed by atoms with Gasteiger partial charge in [0.15, 0.2) is 6.10 Å². The van der Waals surface area contributed by atoms with Crippen molar-refractivity contribution in [3.63, 3.8) is 0 Å². The van der Waals surface area contributed by atoms with Crippen molar-refractivity contribution < 1.29 is 14.3 Å². The predicted octanol–water partition coefficient (Wildman–Crippen LogP) is 4.17. The Balaban J connectivity index is 1.91. The lowest BCUT2D eigenvalue weighted by atomic mass is 10.2. The van der Waals surface area contributed by atoms with E-state index in [9.17, 15) is 9.59 Å². The van der Waals surface area contributed by atoms with Crippen LogP contribution in [0.1, 0.15) is 12.5 Å². The monoisotopic (exact) mass is 394 g/mol. The number of hydrogen-bond acceptors (Lipinski definition) is 3. The summed E-state index contributed by atoms with van der Waals surface area (Å²) in [5, 5.41) is 3.90. The predicted molar refractivity (Wildman–Crippen MR) is 104 cm³/mol. The van der Waals surface area contributed by atoms with Crippen molar-refractivity contribution in [2.75, 3.05) is 18.9 Å². The topological polar surface area (TPSA) is 58.6 Å². The van der Waals surface area contributed by atoms with Gasteiger partial charge in [-0.1, -0.05) is 23.2 Å². The number of anilines is 1. The van der Waals surface area contributed by atoms with Crippen LogP contribution in [0.5, 0.6) is 5.75 Å². The van der Waals surface area contributed by atoms with E-state index < -0.39 is 6.10 Å². The van der Waals surface area contributed by atoms with E-state index >= 15 is 0 Å². The molecule has 0 bridgehead atoms. The number of likely N-dealkylation sites (N-methyl/N-ethyl adjacent to an activating group) is 1. The number of benzene rings is 2. The van der Waals surface area contributed by atoms with Gasteiger partial charge in [0.1, 0.15) is 5.75 Å². The molecule has 138 valence electrons. The molecule has 0 saturated carbocycles. The lowest BCUT2D eigenvalue weighted by molar-refractivity contribution is -0.139. The molecule has 7 heteroatoms. The van der Waals surface area contributed by atoms with E-state index in [4.69, 9.17) is 27.9 Å². The van der Waals surface area contributed by atoms with Crippen LogP contribution in [-0.4, -0.2) is 36.4 Å². The zero-order valence-corrected chi connectivity index (χ0v) is 16.3. The summed E-state index contributed by atoms with van der Waals surface area (Å²) in [5.41, 5.74) is 1.45. The van der Waals surface area contributed by atoms with Gasteiger partial charge < -0.3 is 15.0 Å². The van der Waals surface area contributed by atoms with Crippen LogP contribution in [0.2, 0.25) is 10.0 Å². The molecule has 1 unspecified atom stereocenters. The third kappa shape index (κ3) is 5.64. The van der Waals surface area contributed by atoms with Gasteiger partial charge in [-0.2, -0.15) is 0 Å². The molecule has 0 spiro atoms. The van der Waals surface area contributed by atoms with Crippen molar-refractivity contribution in [3.05, 3.63) is 58.1 Å². The van der Waals surface area contributed by atoms with Crippen LogP contribution in [-0.2, 0) is 9.59 Å². The number of halogens is 2. The minimum atomic E-state index is -0.733. The number of carbonyl (C=O) groups excluding carboxylic acids is 2. The molecule has 0 saturated heterocycles. The number of hydrogen-bond donors (Lipinski definition) is 1. The highest BCUT2D eigenvalue weighted by molar-refractivity contribution is 6.31. The van der Waals surface area contributed by atoms with Crippen LogP contribution in [0.4, 0.5) is 5.69 Å². The molecule has 26 heavy (non-hydrogen) atoms. The SMILES string of the molecule is Cc1cc(Cl)ccc1OC(C)C(=O)N(C)CC(=O)Nc1ccc(Cl)cc1. The summed E-state index contributed by atoms with van der Waals surface area (Å²) in [6.45, 7) is 3.40. The molecule has 0 aliphatic rings. The Morgan fingerprint density at radius 2 is 1.73 bits per heavy atom. The van der Waals surface area contributed by atoms with Gasteiger partial charge >= 0.3 is 0 Å². The lowest BCUT2D eigenvalue weighted by Gasteiger charge is -2.22. The minimum absolute atomic E-state index is 0.0885. The number of aryl methyl sites for hydroxylation is 1. The van der Waals surface area contributed by atoms with E-state index in [2.05, 4.69) is 5.32 Å². The van der Waals surface area contributed by atoms with Crippen molar-refractivity contribution >= 4 is 40.7 Å². The van der Waals surface area contributed by atoms with Gasteiger partial charge in [0.2, 0.25) is 5.91 Å². The molecule has 0 aromatic heterocycles. The summed E-state index contributed by atoms with van der Waals surface area (Å²) in [6.07, 6.45) is -0.733. The Hall–Kier alpha value is -2.24. The summed E-state index contributed by atoms with van der Waals surface area (Å²) in [6, 6.07) is 11.9. The second kappa shape index (κ2) is 8.92. The molecule has 2 aromatic carbocycles. The van der Waals surface area contributed by atoms with Crippen molar-refractivity contribution in [2.24, 2.45) is 0 Å². The van der Waals surface area contributed by atoms with E-state index in [1.165, 1.54) is 4.90 Å². The highest BCUT2D eigenvalue weighted by Gasteiger charge is 2.21. The van der Waals surface area contributed by atoms with Gasteiger partial charge in [-0.15, -0.1) is 0 Å². The molecular formula is C19H20Cl2N2O3. The first-order chi connectivity index (χ1) is 12.3. The van der Waals surface area contributed by atoms with Crippen LogP contribution >= 0.6 is 23.2 Å². The maximum Gasteiger partial charge on any atom is 0.263 e. The molecule has 0 heterocycles. The van der Waals surface area contributed by atoms with Crippen LogP contribution < -0.4 is 10.1 Å². The lowest BCUT2D eigenvalue weighted by Crippen LogP contribution is -2.42. The number of rotatable bonds is 6. The Labute approximate surface area is 162 Å². The molecule has 0 radical (unpaired) electrons. The Morgan fingerprint density at radius 1 is 1.12 bits per heavy atom. The fraction of sp³-hybridized carbons (Fsp3) is 0.263.